The third kappa shape index (κ3) is 4.06. The second-order valence-corrected chi connectivity index (χ2v) is 10.2. The van der Waals surface area contributed by atoms with Crippen molar-refractivity contribution in [1.82, 2.24) is 14.5 Å². The van der Waals surface area contributed by atoms with Gasteiger partial charge in [-0.2, -0.15) is 18.2 Å². The van der Waals surface area contributed by atoms with Crippen LogP contribution in [-0.2, 0) is 19.6 Å². The second kappa shape index (κ2) is 8.56. The Hall–Kier alpha value is -3.05. The molecule has 0 bridgehead atoms. The molecule has 5 rings (SSSR count). The fourth-order valence-corrected chi connectivity index (χ4v) is 6.22. The van der Waals surface area contributed by atoms with Crippen molar-refractivity contribution in [2.24, 2.45) is 18.2 Å². The van der Waals surface area contributed by atoms with Gasteiger partial charge in [0.2, 0.25) is 5.95 Å². The number of halogens is 3. The lowest BCUT2D eigenvalue weighted by Gasteiger charge is -2.42. The first-order chi connectivity index (χ1) is 16.6. The van der Waals surface area contributed by atoms with E-state index in [9.17, 15) is 18.0 Å². The molecule has 1 saturated heterocycles. The van der Waals surface area contributed by atoms with Gasteiger partial charge in [-0.05, 0) is 47.9 Å². The zero-order valence-electron chi connectivity index (χ0n) is 19.0. The molecule has 11 heteroatoms. The van der Waals surface area contributed by atoms with Gasteiger partial charge in [-0.25, -0.2) is 0 Å². The standard InChI is InChI=1S/C24H25F3N6OS/c1-32-21(34)17(35-16-7-4-10-30-19(16)24(25,26)27)20(29)31-22(32)33-11-8-23(9-12-33)13-14-5-2-3-6-15(14)18(23)28/h2-7,10,18H,8-9,11-13,28-29H2,1H3/t18-/m1/s1. The van der Waals surface area contributed by atoms with E-state index in [2.05, 4.69) is 22.1 Å². The Labute approximate surface area is 204 Å². The van der Waals surface area contributed by atoms with Gasteiger partial charge < -0.3 is 16.4 Å². The van der Waals surface area contributed by atoms with Crippen LogP contribution < -0.4 is 21.9 Å². The first-order valence-electron chi connectivity index (χ1n) is 11.3. The van der Waals surface area contributed by atoms with E-state index in [0.717, 1.165) is 25.5 Å². The topological polar surface area (TPSA) is 103 Å². The second-order valence-electron chi connectivity index (χ2n) is 9.14. The highest BCUT2D eigenvalue weighted by molar-refractivity contribution is 7.99. The molecule has 4 N–H and O–H groups in total. The van der Waals surface area contributed by atoms with E-state index >= 15 is 0 Å². The summed E-state index contributed by atoms with van der Waals surface area (Å²) >= 11 is 0.634. The number of nitrogen functional groups attached to an aromatic ring is 1. The molecule has 1 aliphatic carbocycles. The normalized spacial score (nSPS) is 19.2. The van der Waals surface area contributed by atoms with Crippen LogP contribution in [0.4, 0.5) is 24.9 Å². The molecule has 1 atom stereocenters. The van der Waals surface area contributed by atoms with Crippen molar-refractivity contribution in [3.05, 3.63) is 69.8 Å². The summed E-state index contributed by atoms with van der Waals surface area (Å²) in [6.45, 7) is 1.30. The summed E-state index contributed by atoms with van der Waals surface area (Å²) in [4.78, 5) is 22.8. The van der Waals surface area contributed by atoms with Gasteiger partial charge in [0.25, 0.3) is 5.56 Å². The molecule has 0 amide bonds. The van der Waals surface area contributed by atoms with Gasteiger partial charge in [0.15, 0.2) is 5.69 Å². The summed E-state index contributed by atoms with van der Waals surface area (Å²) in [6.07, 6.45) is -0.997. The number of alkyl halides is 3. The maximum Gasteiger partial charge on any atom is 0.434 e. The predicted octanol–water partition coefficient (Wildman–Crippen LogP) is 3.77. The lowest BCUT2D eigenvalue weighted by atomic mass is 9.73. The first kappa shape index (κ1) is 23.7. The van der Waals surface area contributed by atoms with E-state index in [0.29, 0.717) is 30.8 Å². The molecule has 2 aromatic heterocycles. The Bertz CT molecular complexity index is 1330. The Kier molecular flexibility index (Phi) is 5.79. The monoisotopic (exact) mass is 502 g/mol. The van der Waals surface area contributed by atoms with Gasteiger partial charge in [-0.1, -0.05) is 36.0 Å². The number of nitrogens with two attached hydrogens (primary N) is 2. The first-order valence-corrected chi connectivity index (χ1v) is 12.1. The fourth-order valence-electron chi connectivity index (χ4n) is 5.22. The van der Waals surface area contributed by atoms with Crippen LogP contribution in [0, 0.1) is 5.41 Å². The lowest BCUT2D eigenvalue weighted by molar-refractivity contribution is -0.143. The van der Waals surface area contributed by atoms with Crippen molar-refractivity contribution in [3.63, 3.8) is 0 Å². The number of nitrogens with zero attached hydrogens (tertiary/aromatic N) is 4. The highest BCUT2D eigenvalue weighted by atomic mass is 32.2. The zero-order valence-corrected chi connectivity index (χ0v) is 19.9. The lowest BCUT2D eigenvalue weighted by Crippen LogP contribution is -2.46. The van der Waals surface area contributed by atoms with Crippen molar-refractivity contribution in [1.29, 1.82) is 0 Å². The zero-order chi connectivity index (χ0) is 25.0. The molecule has 0 saturated carbocycles. The van der Waals surface area contributed by atoms with Crippen molar-refractivity contribution in [3.8, 4) is 0 Å². The van der Waals surface area contributed by atoms with Crippen LogP contribution in [0.5, 0.6) is 0 Å². The summed E-state index contributed by atoms with van der Waals surface area (Å²) in [5.74, 6) is 0.299. The maximum atomic E-state index is 13.4. The minimum Gasteiger partial charge on any atom is -0.382 e. The van der Waals surface area contributed by atoms with Crippen LogP contribution in [0.15, 0.2) is 57.2 Å². The maximum absolute atomic E-state index is 13.4. The summed E-state index contributed by atoms with van der Waals surface area (Å²) in [7, 11) is 1.56. The minimum absolute atomic E-state index is 0.0330. The largest absolute Gasteiger partial charge is 0.434 e. The summed E-state index contributed by atoms with van der Waals surface area (Å²) in [5.41, 5.74) is 13.7. The Morgan fingerprint density at radius 1 is 1.14 bits per heavy atom. The van der Waals surface area contributed by atoms with Crippen LogP contribution in [0.2, 0.25) is 0 Å². The van der Waals surface area contributed by atoms with Crippen molar-refractivity contribution >= 4 is 23.5 Å². The smallest absolute Gasteiger partial charge is 0.382 e. The van der Waals surface area contributed by atoms with Gasteiger partial charge >= 0.3 is 6.18 Å². The number of benzene rings is 1. The summed E-state index contributed by atoms with van der Waals surface area (Å²) in [6, 6.07) is 10.9. The number of anilines is 2. The third-order valence-electron chi connectivity index (χ3n) is 7.14. The van der Waals surface area contributed by atoms with E-state index in [1.54, 1.807) is 7.05 Å². The van der Waals surface area contributed by atoms with Gasteiger partial charge in [0, 0.05) is 37.3 Å². The summed E-state index contributed by atoms with van der Waals surface area (Å²) in [5, 5.41) is 0. The highest BCUT2D eigenvalue weighted by Crippen LogP contribution is 2.51. The Morgan fingerprint density at radius 2 is 1.86 bits per heavy atom. The molecule has 184 valence electrons. The van der Waals surface area contributed by atoms with Crippen LogP contribution >= 0.6 is 11.8 Å². The average Bonchev–Trinajstić information content (AvgIpc) is 3.10. The van der Waals surface area contributed by atoms with Gasteiger partial charge in [-0.15, -0.1) is 0 Å². The summed E-state index contributed by atoms with van der Waals surface area (Å²) < 4.78 is 41.4. The number of aromatic nitrogens is 3. The van der Waals surface area contributed by atoms with Crippen LogP contribution in [-0.4, -0.2) is 27.6 Å². The van der Waals surface area contributed by atoms with Gasteiger partial charge in [-0.3, -0.25) is 14.3 Å². The van der Waals surface area contributed by atoms with Crippen LogP contribution in [0.3, 0.4) is 0 Å². The molecule has 7 nitrogen and oxygen atoms in total. The Balaban J connectivity index is 1.39. The molecule has 0 radical (unpaired) electrons. The fraction of sp³-hybridized carbons (Fsp3) is 0.375. The van der Waals surface area contributed by atoms with E-state index < -0.39 is 17.4 Å². The highest BCUT2D eigenvalue weighted by Gasteiger charge is 2.46. The molecule has 2 aliphatic rings. The van der Waals surface area contributed by atoms with E-state index in [-0.39, 0.29) is 27.1 Å². The van der Waals surface area contributed by atoms with Gasteiger partial charge in [0.05, 0.1) is 0 Å². The molecule has 3 aromatic rings. The van der Waals surface area contributed by atoms with Gasteiger partial charge in [0.1, 0.15) is 10.7 Å². The van der Waals surface area contributed by atoms with Crippen LogP contribution in [0.1, 0.15) is 35.7 Å². The van der Waals surface area contributed by atoms with E-state index in [1.165, 1.54) is 27.8 Å². The molecule has 1 spiro atoms. The number of piperidine rings is 1. The number of fused-ring (bicyclic) bond motifs is 1. The predicted molar refractivity (Wildman–Crippen MR) is 128 cm³/mol. The molecular weight excluding hydrogens is 477 g/mol. The molecule has 1 fully saturated rings. The minimum atomic E-state index is -4.65. The molecule has 1 aliphatic heterocycles. The average molecular weight is 503 g/mol. The molecule has 1 aromatic carbocycles. The quantitative estimate of drug-likeness (QED) is 0.562. The van der Waals surface area contributed by atoms with Crippen molar-refractivity contribution < 1.29 is 13.2 Å². The number of pyridine rings is 1. The SMILES string of the molecule is Cn1c(N2CCC3(CC2)Cc2ccccc2[C@H]3N)nc(N)c(Sc2cccnc2C(F)(F)F)c1=O. The number of rotatable bonds is 3. The number of hydrogen-bond acceptors (Lipinski definition) is 7. The van der Waals surface area contributed by atoms with Crippen molar-refractivity contribution in [2.45, 2.75) is 41.3 Å². The molecule has 0 unspecified atom stereocenters. The van der Waals surface area contributed by atoms with E-state index in [4.69, 9.17) is 11.5 Å². The molecule has 3 heterocycles. The molecule has 35 heavy (non-hydrogen) atoms. The van der Waals surface area contributed by atoms with Crippen molar-refractivity contribution in [2.75, 3.05) is 23.7 Å². The van der Waals surface area contributed by atoms with Crippen LogP contribution in [0.25, 0.3) is 0 Å². The number of hydrogen-bond donors (Lipinski definition) is 2. The Morgan fingerprint density at radius 3 is 2.54 bits per heavy atom. The molecular formula is C24H25F3N6OS. The third-order valence-corrected chi connectivity index (χ3v) is 8.27. The van der Waals surface area contributed by atoms with E-state index in [1.807, 2.05) is 17.0 Å².